The molecule has 2 aromatic rings. The average Bonchev–Trinajstić information content (AvgIpc) is 2.62. The maximum atomic E-state index is 5.93. The molecule has 0 saturated heterocycles. The van der Waals surface area contributed by atoms with E-state index < -0.39 is 0 Å². The Bertz CT molecular complexity index is 791. The Labute approximate surface area is 152 Å². The maximum absolute atomic E-state index is 5.93. The smallest absolute Gasteiger partial charge is 0.154 e. The number of nitrogens with zero attached hydrogens (tertiary/aromatic N) is 3. The van der Waals surface area contributed by atoms with Gasteiger partial charge in [-0.3, -0.25) is 9.98 Å². The van der Waals surface area contributed by atoms with Gasteiger partial charge in [0.1, 0.15) is 6.61 Å². The molecule has 0 aliphatic carbocycles. The Morgan fingerprint density at radius 1 is 1.36 bits per heavy atom. The van der Waals surface area contributed by atoms with Gasteiger partial charge in [0.05, 0.1) is 11.3 Å². The molecule has 0 amide bonds. The summed E-state index contributed by atoms with van der Waals surface area (Å²) in [5.74, 6) is 0.983. The van der Waals surface area contributed by atoms with Crippen molar-refractivity contribution in [2.75, 3.05) is 5.75 Å². The summed E-state index contributed by atoms with van der Waals surface area (Å²) in [6, 6.07) is 12.1. The highest BCUT2D eigenvalue weighted by molar-refractivity contribution is 8.13. The molecule has 6 heteroatoms. The Kier molecular flexibility index (Phi) is 5.38. The van der Waals surface area contributed by atoms with Crippen LogP contribution in [-0.2, 0) is 17.0 Å². The molecule has 3 rings (SSSR count). The van der Waals surface area contributed by atoms with E-state index in [2.05, 4.69) is 34.2 Å². The van der Waals surface area contributed by atoms with Gasteiger partial charge in [-0.2, -0.15) is 0 Å². The van der Waals surface area contributed by atoms with Crippen molar-refractivity contribution >= 4 is 22.6 Å². The van der Waals surface area contributed by atoms with Crippen LogP contribution >= 0.6 is 11.8 Å². The standard InChI is InChI=1S/C19H22N4OS/c1-14(23-24-13-15-5-4-9-21-12-15)16-6-3-7-17(11-16)19(2)8-10-25-18(20)22-19/h3-7,9,11-12H,8,10,13H2,1-2H3,(H2,20,22)/b23-14+. The van der Waals surface area contributed by atoms with Crippen LogP contribution in [0.15, 0.2) is 58.9 Å². The first-order valence-corrected chi connectivity index (χ1v) is 9.20. The number of amidine groups is 1. The lowest BCUT2D eigenvalue weighted by atomic mass is 9.88. The third kappa shape index (κ3) is 4.39. The van der Waals surface area contributed by atoms with Crippen molar-refractivity contribution in [1.29, 1.82) is 0 Å². The predicted octanol–water partition coefficient (Wildman–Crippen LogP) is 3.69. The van der Waals surface area contributed by atoms with Gasteiger partial charge in [-0.05, 0) is 43.5 Å². The van der Waals surface area contributed by atoms with Crippen molar-refractivity contribution in [3.63, 3.8) is 0 Å². The van der Waals surface area contributed by atoms with Crippen LogP contribution < -0.4 is 5.73 Å². The normalized spacial score (nSPS) is 20.9. The summed E-state index contributed by atoms with van der Waals surface area (Å²) in [4.78, 5) is 14.2. The quantitative estimate of drug-likeness (QED) is 0.656. The van der Waals surface area contributed by atoms with E-state index >= 15 is 0 Å². The monoisotopic (exact) mass is 354 g/mol. The van der Waals surface area contributed by atoms with E-state index in [0.717, 1.165) is 34.6 Å². The highest BCUT2D eigenvalue weighted by atomic mass is 32.2. The first kappa shape index (κ1) is 17.5. The van der Waals surface area contributed by atoms with Crippen LogP contribution in [0.3, 0.4) is 0 Å². The van der Waals surface area contributed by atoms with E-state index in [0.29, 0.717) is 11.8 Å². The minimum atomic E-state index is -0.276. The molecule has 2 N–H and O–H groups in total. The zero-order valence-corrected chi connectivity index (χ0v) is 15.3. The highest BCUT2D eigenvalue weighted by Gasteiger charge is 2.29. The maximum Gasteiger partial charge on any atom is 0.154 e. The average molecular weight is 354 g/mol. The summed E-state index contributed by atoms with van der Waals surface area (Å²) >= 11 is 1.61. The Balaban J connectivity index is 1.74. The van der Waals surface area contributed by atoms with E-state index in [4.69, 9.17) is 10.6 Å². The van der Waals surface area contributed by atoms with Crippen LogP contribution in [0.4, 0.5) is 0 Å². The molecule has 1 unspecified atom stereocenters. The molecule has 25 heavy (non-hydrogen) atoms. The van der Waals surface area contributed by atoms with Crippen molar-refractivity contribution in [3.05, 3.63) is 65.5 Å². The third-order valence-corrected chi connectivity index (χ3v) is 5.05. The topological polar surface area (TPSA) is 72.9 Å². The summed E-state index contributed by atoms with van der Waals surface area (Å²) < 4.78 is 0. The van der Waals surface area contributed by atoms with Gasteiger partial charge in [-0.25, -0.2) is 0 Å². The molecule has 2 heterocycles. The number of thioether (sulfide) groups is 1. The third-order valence-electron chi connectivity index (χ3n) is 4.25. The molecule has 1 aliphatic heterocycles. The zero-order chi connectivity index (χ0) is 17.7. The molecule has 0 spiro atoms. The fourth-order valence-electron chi connectivity index (χ4n) is 2.71. The second kappa shape index (κ2) is 7.70. The van der Waals surface area contributed by atoms with Crippen molar-refractivity contribution in [3.8, 4) is 0 Å². The van der Waals surface area contributed by atoms with Crippen molar-refractivity contribution in [2.45, 2.75) is 32.4 Å². The molecule has 5 nitrogen and oxygen atoms in total. The molecule has 130 valence electrons. The lowest BCUT2D eigenvalue weighted by molar-refractivity contribution is 0.130. The first-order valence-electron chi connectivity index (χ1n) is 8.21. The number of pyridine rings is 1. The van der Waals surface area contributed by atoms with E-state index in [9.17, 15) is 0 Å². The predicted molar refractivity (Wildman–Crippen MR) is 104 cm³/mol. The van der Waals surface area contributed by atoms with Gasteiger partial charge in [-0.15, -0.1) is 0 Å². The molecule has 0 fully saturated rings. The molecule has 1 aliphatic rings. The summed E-state index contributed by atoms with van der Waals surface area (Å²) in [6.45, 7) is 4.48. The van der Waals surface area contributed by atoms with Crippen molar-refractivity contribution in [2.24, 2.45) is 15.9 Å². The fraction of sp³-hybridized carbons (Fsp3) is 0.316. The summed E-state index contributed by atoms with van der Waals surface area (Å²) in [5, 5.41) is 4.89. The van der Waals surface area contributed by atoms with Crippen LogP contribution in [0.1, 0.15) is 37.0 Å². The molecular formula is C19H22N4OS. The van der Waals surface area contributed by atoms with Gasteiger partial charge in [0.25, 0.3) is 0 Å². The molecular weight excluding hydrogens is 332 g/mol. The van der Waals surface area contributed by atoms with Crippen LogP contribution in [0.25, 0.3) is 0 Å². The van der Waals surface area contributed by atoms with E-state index in [1.165, 1.54) is 0 Å². The second-order valence-corrected chi connectivity index (χ2v) is 7.33. The van der Waals surface area contributed by atoms with Crippen molar-refractivity contribution < 1.29 is 4.84 Å². The lowest BCUT2D eigenvalue weighted by Gasteiger charge is -2.30. The highest BCUT2D eigenvalue weighted by Crippen LogP contribution is 2.35. The van der Waals surface area contributed by atoms with Gasteiger partial charge in [0.2, 0.25) is 0 Å². The number of aromatic nitrogens is 1. The Hall–Kier alpha value is -2.34. The van der Waals surface area contributed by atoms with Gasteiger partial charge in [0, 0.05) is 23.7 Å². The number of rotatable bonds is 5. The first-order chi connectivity index (χ1) is 12.1. The molecule has 0 radical (unpaired) electrons. The van der Waals surface area contributed by atoms with Crippen LogP contribution in [0.2, 0.25) is 0 Å². The minimum Gasteiger partial charge on any atom is -0.391 e. The molecule has 0 bridgehead atoms. The number of oxime groups is 1. The van der Waals surface area contributed by atoms with E-state index in [-0.39, 0.29) is 5.54 Å². The fourth-order valence-corrected chi connectivity index (χ4v) is 3.69. The molecule has 1 aromatic carbocycles. The summed E-state index contributed by atoms with van der Waals surface area (Å²) in [7, 11) is 0. The van der Waals surface area contributed by atoms with E-state index in [1.807, 2.05) is 31.2 Å². The lowest BCUT2D eigenvalue weighted by Crippen LogP contribution is -2.28. The number of hydrogen-bond donors (Lipinski definition) is 1. The zero-order valence-electron chi connectivity index (χ0n) is 14.5. The Morgan fingerprint density at radius 2 is 2.24 bits per heavy atom. The second-order valence-electron chi connectivity index (χ2n) is 6.21. The molecule has 1 atom stereocenters. The summed E-state index contributed by atoms with van der Waals surface area (Å²) in [6.07, 6.45) is 4.48. The minimum absolute atomic E-state index is 0.276. The molecule has 1 aromatic heterocycles. The van der Waals surface area contributed by atoms with Crippen LogP contribution in [0, 0.1) is 0 Å². The van der Waals surface area contributed by atoms with Gasteiger partial charge >= 0.3 is 0 Å². The SMILES string of the molecule is C/C(=N\OCc1cccnc1)c1cccc(C2(C)CCSC(N)=N2)c1. The number of aliphatic imine (C=N–C) groups is 1. The summed E-state index contributed by atoms with van der Waals surface area (Å²) in [5.41, 5.74) is 9.65. The van der Waals surface area contributed by atoms with E-state index in [1.54, 1.807) is 24.2 Å². The Morgan fingerprint density at radius 3 is 3.00 bits per heavy atom. The van der Waals surface area contributed by atoms with Gasteiger partial charge in [0.15, 0.2) is 5.17 Å². The largest absolute Gasteiger partial charge is 0.391 e. The number of hydrogen-bond acceptors (Lipinski definition) is 6. The number of nitrogens with two attached hydrogens (primary N) is 1. The number of benzene rings is 1. The van der Waals surface area contributed by atoms with Crippen LogP contribution in [-0.4, -0.2) is 21.6 Å². The van der Waals surface area contributed by atoms with Gasteiger partial charge < -0.3 is 10.6 Å². The van der Waals surface area contributed by atoms with Crippen molar-refractivity contribution in [1.82, 2.24) is 4.98 Å². The van der Waals surface area contributed by atoms with Crippen LogP contribution in [0.5, 0.6) is 0 Å². The molecule has 0 saturated carbocycles. The van der Waals surface area contributed by atoms with Gasteiger partial charge in [-0.1, -0.05) is 41.2 Å².